The highest BCUT2D eigenvalue weighted by Crippen LogP contribution is 2.26. The van der Waals surface area contributed by atoms with Crippen LogP contribution in [0.1, 0.15) is 6.42 Å². The van der Waals surface area contributed by atoms with E-state index in [4.69, 9.17) is 9.84 Å². The first kappa shape index (κ1) is 13.4. The van der Waals surface area contributed by atoms with Gasteiger partial charge in [-0.2, -0.15) is 0 Å². The van der Waals surface area contributed by atoms with E-state index in [1.807, 2.05) is 0 Å². The summed E-state index contributed by atoms with van der Waals surface area (Å²) >= 11 is 0. The molecule has 2 N–H and O–H groups in total. The zero-order chi connectivity index (χ0) is 12.8. The van der Waals surface area contributed by atoms with E-state index in [-0.39, 0.29) is 12.6 Å². The molecule has 1 saturated heterocycles. The molecular formula is C11H16N2O4. The highest BCUT2D eigenvalue weighted by atomic mass is 16.5. The average molecular weight is 240 g/mol. The Hall–Kier alpha value is -1.66. The second-order valence-electron chi connectivity index (χ2n) is 3.56. The van der Waals surface area contributed by atoms with Crippen molar-refractivity contribution >= 4 is 12.3 Å². The minimum absolute atomic E-state index is 0.172. The normalized spacial score (nSPS) is 24.0. The molecule has 0 aromatic heterocycles. The van der Waals surface area contributed by atoms with Gasteiger partial charge in [0.15, 0.2) is 0 Å². The second kappa shape index (κ2) is 6.17. The van der Waals surface area contributed by atoms with E-state index in [1.54, 1.807) is 0 Å². The van der Waals surface area contributed by atoms with Crippen molar-refractivity contribution in [3.8, 4) is 0 Å². The summed E-state index contributed by atoms with van der Waals surface area (Å²) in [6, 6.07) is -0.389. The topological polar surface area (TPSA) is 78.9 Å². The number of carbonyl (C=O) groups is 2. The van der Waals surface area contributed by atoms with E-state index in [9.17, 15) is 9.59 Å². The lowest BCUT2D eigenvalue weighted by atomic mass is 10.1. The molecule has 0 aromatic carbocycles. The number of carbonyl (C=O) groups excluding carboxylic acids is 2. The van der Waals surface area contributed by atoms with Crippen molar-refractivity contribution in [2.45, 2.75) is 18.8 Å². The van der Waals surface area contributed by atoms with E-state index >= 15 is 0 Å². The zero-order valence-corrected chi connectivity index (χ0v) is 9.63. The Morgan fingerprint density at radius 1 is 1.76 bits per heavy atom. The van der Waals surface area contributed by atoms with Gasteiger partial charge in [0.25, 0.3) is 0 Å². The fourth-order valence-electron chi connectivity index (χ4n) is 1.58. The van der Waals surface area contributed by atoms with Crippen LogP contribution in [0.5, 0.6) is 0 Å². The van der Waals surface area contributed by atoms with Crippen LogP contribution in [-0.4, -0.2) is 48.3 Å². The number of aliphatic hydroxyl groups excluding tert-OH is 1. The molecule has 6 nitrogen and oxygen atoms in total. The summed E-state index contributed by atoms with van der Waals surface area (Å²) in [4.78, 5) is 23.1. The third-order valence-corrected chi connectivity index (χ3v) is 2.46. The number of aliphatic hydroxyl groups is 1. The molecule has 1 heterocycles. The molecule has 0 saturated carbocycles. The quantitative estimate of drug-likeness (QED) is 0.412. The smallest absolute Gasteiger partial charge is 0.323 e. The van der Waals surface area contributed by atoms with Crippen LogP contribution in [-0.2, 0) is 9.53 Å². The molecule has 1 rings (SSSR count). The van der Waals surface area contributed by atoms with Gasteiger partial charge in [0.1, 0.15) is 18.6 Å². The monoisotopic (exact) mass is 240 g/mol. The fourth-order valence-corrected chi connectivity index (χ4v) is 1.58. The minimum Gasteiger partial charge on any atom is -0.393 e. The fraction of sp³-hybridized carbons (Fsp3) is 0.455. The number of urea groups is 1. The maximum atomic E-state index is 11.6. The molecule has 0 bridgehead atoms. The molecule has 0 aromatic rings. The van der Waals surface area contributed by atoms with Crippen molar-refractivity contribution in [1.29, 1.82) is 0 Å². The van der Waals surface area contributed by atoms with Gasteiger partial charge in [0, 0.05) is 19.7 Å². The number of hydrogen-bond acceptors (Lipinski definition) is 4. The highest BCUT2D eigenvalue weighted by Gasteiger charge is 2.33. The first-order valence-corrected chi connectivity index (χ1v) is 5.20. The molecule has 6 heteroatoms. The second-order valence-corrected chi connectivity index (χ2v) is 3.56. The van der Waals surface area contributed by atoms with Gasteiger partial charge in [-0.25, -0.2) is 4.79 Å². The predicted molar refractivity (Wildman–Crippen MR) is 61.0 cm³/mol. The summed E-state index contributed by atoms with van der Waals surface area (Å²) in [6.45, 7) is 3.60. The average Bonchev–Trinajstić information content (AvgIpc) is 2.70. The van der Waals surface area contributed by atoms with Gasteiger partial charge in [0.05, 0.1) is 6.61 Å². The number of nitrogens with zero attached hydrogens (tertiary/aromatic N) is 1. The number of hydrogen-bond donors (Lipinski definition) is 2. The molecule has 2 unspecified atom stereocenters. The van der Waals surface area contributed by atoms with E-state index in [0.29, 0.717) is 12.7 Å². The van der Waals surface area contributed by atoms with Gasteiger partial charge in [-0.05, 0) is 11.6 Å². The Balaban J connectivity index is 2.78. The number of aldehydes is 1. The van der Waals surface area contributed by atoms with Gasteiger partial charge in [-0.1, -0.05) is 6.58 Å². The molecule has 1 fully saturated rings. The summed E-state index contributed by atoms with van der Waals surface area (Å²) in [7, 11) is 1.48. The number of amides is 2. The lowest BCUT2D eigenvalue weighted by molar-refractivity contribution is -0.104. The van der Waals surface area contributed by atoms with Crippen LogP contribution in [0.25, 0.3) is 0 Å². The Morgan fingerprint density at radius 2 is 2.47 bits per heavy atom. The minimum atomic E-state index is -0.546. The lowest BCUT2D eigenvalue weighted by Crippen LogP contribution is -2.41. The van der Waals surface area contributed by atoms with Crippen molar-refractivity contribution in [3.63, 3.8) is 0 Å². The van der Waals surface area contributed by atoms with E-state index < -0.39 is 12.3 Å². The van der Waals surface area contributed by atoms with Gasteiger partial charge in [0.2, 0.25) is 0 Å². The number of allylic oxidation sites excluding steroid dienone is 1. The van der Waals surface area contributed by atoms with Crippen molar-refractivity contribution in [3.05, 3.63) is 24.4 Å². The van der Waals surface area contributed by atoms with E-state index in [0.717, 1.165) is 5.57 Å². The summed E-state index contributed by atoms with van der Waals surface area (Å²) in [5, 5.41) is 11.5. The first-order valence-electron chi connectivity index (χ1n) is 5.20. The van der Waals surface area contributed by atoms with Crippen LogP contribution >= 0.6 is 0 Å². The molecule has 0 aliphatic carbocycles. The standard InChI is InChI=1S/C11H16N2O4/c1-8-6-10(17-9(8)7-15)13(4-3-5-14)11(16)12-2/h3-5,9-10,15H,1,6-7H2,2H3,(H,12,16)/b4-3-. The SMILES string of the molecule is C=C1CC(N(/C=C\C=O)C(=O)NC)OC1CO. The highest BCUT2D eigenvalue weighted by molar-refractivity contribution is 5.76. The molecule has 1 aliphatic heterocycles. The molecule has 0 radical (unpaired) electrons. The van der Waals surface area contributed by atoms with Crippen LogP contribution in [0.4, 0.5) is 4.79 Å². The van der Waals surface area contributed by atoms with Crippen molar-refractivity contribution < 1.29 is 19.4 Å². The predicted octanol–water partition coefficient (Wildman–Crippen LogP) is 0.00390. The number of nitrogens with one attached hydrogen (secondary N) is 1. The Labute approximate surface area is 99.5 Å². The summed E-state index contributed by atoms with van der Waals surface area (Å²) in [5.41, 5.74) is 0.728. The summed E-state index contributed by atoms with van der Waals surface area (Å²) < 4.78 is 5.45. The van der Waals surface area contributed by atoms with Crippen LogP contribution in [0, 0.1) is 0 Å². The van der Waals surface area contributed by atoms with Crippen LogP contribution in [0.3, 0.4) is 0 Å². The number of ether oxygens (including phenoxy) is 1. The molecule has 17 heavy (non-hydrogen) atoms. The summed E-state index contributed by atoms with van der Waals surface area (Å²) in [5.74, 6) is 0. The Bertz CT molecular complexity index is 340. The van der Waals surface area contributed by atoms with Crippen LogP contribution in [0.15, 0.2) is 24.4 Å². The third-order valence-electron chi connectivity index (χ3n) is 2.46. The molecule has 2 atom stereocenters. The first-order chi connectivity index (χ1) is 8.13. The van der Waals surface area contributed by atoms with Gasteiger partial charge >= 0.3 is 6.03 Å². The lowest BCUT2D eigenvalue weighted by Gasteiger charge is -2.24. The van der Waals surface area contributed by atoms with Gasteiger partial charge in [-0.3, -0.25) is 9.69 Å². The van der Waals surface area contributed by atoms with Gasteiger partial charge in [-0.15, -0.1) is 0 Å². The van der Waals surface area contributed by atoms with Crippen LogP contribution < -0.4 is 5.32 Å². The molecule has 1 aliphatic rings. The van der Waals surface area contributed by atoms with E-state index in [2.05, 4.69) is 11.9 Å². The maximum Gasteiger partial charge on any atom is 0.323 e. The third kappa shape index (κ3) is 3.15. The van der Waals surface area contributed by atoms with E-state index in [1.165, 1.54) is 24.2 Å². The largest absolute Gasteiger partial charge is 0.393 e. The maximum absolute atomic E-state index is 11.6. The Morgan fingerprint density at radius 3 is 2.94 bits per heavy atom. The zero-order valence-electron chi connectivity index (χ0n) is 9.63. The van der Waals surface area contributed by atoms with Gasteiger partial charge < -0.3 is 15.2 Å². The van der Waals surface area contributed by atoms with Crippen LogP contribution in [0.2, 0.25) is 0 Å². The molecule has 94 valence electrons. The number of rotatable bonds is 4. The molecule has 2 amide bonds. The van der Waals surface area contributed by atoms with Crippen molar-refractivity contribution in [2.24, 2.45) is 0 Å². The molecule has 0 spiro atoms. The van der Waals surface area contributed by atoms with Crippen molar-refractivity contribution in [1.82, 2.24) is 10.2 Å². The van der Waals surface area contributed by atoms with Crippen molar-refractivity contribution in [2.75, 3.05) is 13.7 Å². The molecular weight excluding hydrogens is 224 g/mol. The Kier molecular flexibility index (Phi) is 4.86. The summed E-state index contributed by atoms with van der Waals surface area (Å²) in [6.07, 6.45) is 2.54.